The van der Waals surface area contributed by atoms with Crippen molar-refractivity contribution in [1.82, 2.24) is 10.2 Å². The van der Waals surface area contributed by atoms with E-state index in [2.05, 4.69) is 51.0 Å². The fourth-order valence-corrected chi connectivity index (χ4v) is 2.98. The molecule has 4 nitrogen and oxygen atoms in total. The molecular formula is C16H35N2O2SiU-. The molecule has 1 atom stereocenters. The van der Waals surface area contributed by atoms with Crippen LogP contribution in [0.4, 0.5) is 0 Å². The summed E-state index contributed by atoms with van der Waals surface area (Å²) in [6.07, 6.45) is 1.18. The summed E-state index contributed by atoms with van der Waals surface area (Å²) in [5, 5.41) is 3.62. The second kappa shape index (κ2) is 10.9. The number of nitrogens with one attached hydrogen (secondary N) is 1. The molecule has 1 aliphatic heterocycles. The van der Waals surface area contributed by atoms with Gasteiger partial charge in [0.25, 0.3) is 0 Å². The van der Waals surface area contributed by atoms with E-state index in [1.807, 2.05) is 6.61 Å². The van der Waals surface area contributed by atoms with E-state index in [0.717, 1.165) is 39.1 Å². The molecule has 0 saturated carbocycles. The largest absolute Gasteiger partial charge is 0.547 e. The van der Waals surface area contributed by atoms with E-state index >= 15 is 0 Å². The molecule has 0 amide bonds. The van der Waals surface area contributed by atoms with Crippen LogP contribution in [0.2, 0.25) is 18.1 Å². The Morgan fingerprint density at radius 3 is 2.32 bits per heavy atom. The molecule has 0 unspecified atom stereocenters. The molecule has 6 heteroatoms. The van der Waals surface area contributed by atoms with Crippen molar-refractivity contribution in [2.75, 3.05) is 39.3 Å². The fourth-order valence-electron chi connectivity index (χ4n) is 1.95. The van der Waals surface area contributed by atoms with Crippen LogP contribution in [0.5, 0.6) is 0 Å². The Hall–Kier alpha value is 1.11. The number of nitrogens with zero attached hydrogens (tertiary/aromatic N) is 1. The van der Waals surface area contributed by atoms with Crippen molar-refractivity contribution in [3.8, 4) is 0 Å². The second-order valence-electron chi connectivity index (χ2n) is 7.45. The van der Waals surface area contributed by atoms with Crippen molar-refractivity contribution in [2.45, 2.75) is 58.4 Å². The molecule has 1 N–H and O–H groups in total. The maximum Gasteiger partial charge on any atom is 0.192 e. The Labute approximate surface area is 162 Å². The van der Waals surface area contributed by atoms with Gasteiger partial charge in [0.05, 0.1) is 6.61 Å². The average molecular weight is 554 g/mol. The number of hydrogen-bond donors (Lipinski definition) is 1. The molecule has 0 aromatic rings. The molecule has 1 aliphatic rings. The maximum absolute atomic E-state index is 6.26. The smallest absolute Gasteiger partial charge is 0.192 e. The van der Waals surface area contributed by atoms with Gasteiger partial charge in [-0.1, -0.05) is 27.7 Å². The third kappa shape index (κ3) is 8.28. The molecule has 1 heterocycles. The van der Waals surface area contributed by atoms with Crippen LogP contribution in [0.1, 0.15) is 34.1 Å². The summed E-state index contributed by atoms with van der Waals surface area (Å²) in [6.45, 7) is 21.6. The minimum Gasteiger partial charge on any atom is -0.547 e. The van der Waals surface area contributed by atoms with Crippen molar-refractivity contribution in [3.05, 3.63) is 6.61 Å². The van der Waals surface area contributed by atoms with E-state index in [-0.39, 0.29) is 42.3 Å². The van der Waals surface area contributed by atoms with Crippen molar-refractivity contribution in [3.63, 3.8) is 0 Å². The summed E-state index contributed by atoms with van der Waals surface area (Å²) >= 11 is 0. The van der Waals surface area contributed by atoms with Crippen LogP contribution >= 0.6 is 0 Å². The summed E-state index contributed by atoms with van der Waals surface area (Å²) in [6, 6.07) is 0. The Bertz CT molecular complexity index is 292. The summed E-state index contributed by atoms with van der Waals surface area (Å²) in [4.78, 5) is 2.41. The first-order chi connectivity index (χ1) is 9.76. The monoisotopic (exact) mass is 553 g/mol. The standard InChI is InChI=1S/C16H35N2O2Si.U/c1-7-15(14-20-21(5,6)16(2,3)4)19-13-12-18-10-8-17-9-11-18;/h13,15,17H,7-12,14H2,1-6H3;/q-1;/t15-;/m1./s1. The van der Waals surface area contributed by atoms with Gasteiger partial charge in [-0.15, -0.1) is 6.54 Å². The van der Waals surface area contributed by atoms with Gasteiger partial charge in [-0.05, 0) is 24.6 Å². The predicted molar refractivity (Wildman–Crippen MR) is 91.9 cm³/mol. The third-order valence-corrected chi connectivity index (χ3v) is 9.22. The van der Waals surface area contributed by atoms with Gasteiger partial charge < -0.3 is 19.4 Å². The predicted octanol–water partition coefficient (Wildman–Crippen LogP) is 2.87. The SMILES string of the molecule is CC[C@H](CO[Si](C)(C)C(C)(C)C)O[CH-]CN1CCNCC1.[U]. The van der Waals surface area contributed by atoms with Crippen molar-refractivity contribution >= 4 is 8.32 Å². The minimum atomic E-state index is -1.67. The molecule has 1 saturated heterocycles. The topological polar surface area (TPSA) is 33.7 Å². The normalized spacial score (nSPS) is 18.8. The van der Waals surface area contributed by atoms with Crippen LogP contribution in [0.3, 0.4) is 0 Å². The van der Waals surface area contributed by atoms with Gasteiger partial charge in [0.1, 0.15) is 0 Å². The maximum atomic E-state index is 6.26. The van der Waals surface area contributed by atoms with Gasteiger partial charge in [-0.2, -0.15) is 6.61 Å². The van der Waals surface area contributed by atoms with Gasteiger partial charge in [0.15, 0.2) is 8.32 Å². The molecule has 0 bridgehead atoms. The zero-order chi connectivity index (χ0) is 15.9. The summed E-state index contributed by atoms with van der Waals surface area (Å²) in [5.74, 6) is 0. The molecule has 0 aliphatic carbocycles. The van der Waals surface area contributed by atoms with Crippen LogP contribution in [-0.2, 0) is 9.16 Å². The first-order valence-corrected chi connectivity index (χ1v) is 11.2. The van der Waals surface area contributed by atoms with Crippen LogP contribution in [-0.4, -0.2) is 58.7 Å². The zero-order valence-corrected chi connectivity index (χ0v) is 20.5. The molecule has 22 heavy (non-hydrogen) atoms. The molecule has 0 radical (unpaired) electrons. The Kier molecular flexibility index (Phi) is 11.4. The van der Waals surface area contributed by atoms with Gasteiger partial charge in [-0.25, -0.2) is 0 Å². The minimum absolute atomic E-state index is 0. The van der Waals surface area contributed by atoms with E-state index in [9.17, 15) is 0 Å². The van der Waals surface area contributed by atoms with Gasteiger partial charge >= 0.3 is 0 Å². The first kappa shape index (κ1) is 23.1. The zero-order valence-electron chi connectivity index (χ0n) is 15.4. The number of piperazine rings is 1. The molecule has 1 fully saturated rings. The summed E-state index contributed by atoms with van der Waals surface area (Å²) in [7, 11) is -1.67. The van der Waals surface area contributed by atoms with Crippen molar-refractivity contribution in [2.24, 2.45) is 0 Å². The molecule has 0 aromatic heterocycles. The summed E-state index contributed by atoms with van der Waals surface area (Å²) < 4.78 is 12.2. The molecule has 0 aromatic carbocycles. The van der Waals surface area contributed by atoms with Crippen LogP contribution in [0.25, 0.3) is 0 Å². The first-order valence-electron chi connectivity index (χ1n) is 8.30. The quantitative estimate of drug-likeness (QED) is 0.371. The Morgan fingerprint density at radius 2 is 1.82 bits per heavy atom. The fraction of sp³-hybridized carbons (Fsp3) is 0.938. The van der Waals surface area contributed by atoms with Crippen LogP contribution in [0, 0.1) is 37.7 Å². The molecule has 130 valence electrons. The van der Waals surface area contributed by atoms with Gasteiger partial charge in [-0.3, -0.25) is 0 Å². The molecular weight excluding hydrogens is 518 g/mol. The Balaban J connectivity index is 0.00000441. The third-order valence-electron chi connectivity index (χ3n) is 4.72. The van der Waals surface area contributed by atoms with Crippen molar-refractivity contribution in [1.29, 1.82) is 0 Å². The van der Waals surface area contributed by atoms with E-state index < -0.39 is 8.32 Å². The Morgan fingerprint density at radius 1 is 1.23 bits per heavy atom. The van der Waals surface area contributed by atoms with Crippen LogP contribution < -0.4 is 5.32 Å². The van der Waals surface area contributed by atoms with E-state index in [1.54, 1.807) is 0 Å². The summed E-state index contributed by atoms with van der Waals surface area (Å²) in [5.41, 5.74) is 0. The van der Waals surface area contributed by atoms with Gasteiger partial charge in [0, 0.05) is 63.4 Å². The van der Waals surface area contributed by atoms with Gasteiger partial charge in [0.2, 0.25) is 0 Å². The van der Waals surface area contributed by atoms with Crippen LogP contribution in [0.15, 0.2) is 0 Å². The van der Waals surface area contributed by atoms with E-state index in [1.165, 1.54) is 0 Å². The number of hydrogen-bond acceptors (Lipinski definition) is 4. The van der Waals surface area contributed by atoms with Crippen molar-refractivity contribution < 1.29 is 40.3 Å². The van der Waals surface area contributed by atoms with E-state index in [0.29, 0.717) is 6.61 Å². The molecule has 0 spiro atoms. The molecule has 1 rings (SSSR count). The van der Waals surface area contributed by atoms with E-state index in [4.69, 9.17) is 9.16 Å². The number of rotatable bonds is 8. The number of ether oxygens (including phenoxy) is 1. The average Bonchev–Trinajstić information content (AvgIpc) is 2.42. The second-order valence-corrected chi connectivity index (χ2v) is 12.3.